The van der Waals surface area contributed by atoms with Crippen LogP contribution in [0, 0.1) is 5.92 Å². The van der Waals surface area contributed by atoms with Crippen LogP contribution in [0.3, 0.4) is 0 Å². The number of nitrogens with one attached hydrogen (secondary N) is 1. The molecule has 1 amide bonds. The molecule has 23 heavy (non-hydrogen) atoms. The first-order valence-electron chi connectivity index (χ1n) is 7.88. The smallest absolute Gasteiger partial charge is 0.287 e. The quantitative estimate of drug-likeness (QED) is 0.850. The number of carbonyl (C=O) groups is 1. The molecule has 1 N–H and O–H groups in total. The van der Waals surface area contributed by atoms with E-state index in [1.807, 2.05) is 24.3 Å². The van der Waals surface area contributed by atoms with Gasteiger partial charge >= 0.3 is 0 Å². The summed E-state index contributed by atoms with van der Waals surface area (Å²) in [6.07, 6.45) is 3.69. The van der Waals surface area contributed by atoms with Crippen LogP contribution < -0.4 is 14.8 Å². The molecule has 0 bridgehead atoms. The van der Waals surface area contributed by atoms with E-state index in [0.717, 1.165) is 18.0 Å². The second kappa shape index (κ2) is 7.22. The van der Waals surface area contributed by atoms with Gasteiger partial charge in [0.15, 0.2) is 5.76 Å². The molecule has 2 aromatic rings. The Bertz CT molecular complexity index is 643. The van der Waals surface area contributed by atoms with Crippen molar-refractivity contribution in [1.29, 1.82) is 0 Å². The van der Waals surface area contributed by atoms with Gasteiger partial charge in [-0.1, -0.05) is 6.42 Å². The van der Waals surface area contributed by atoms with E-state index < -0.39 is 0 Å². The molecule has 1 heterocycles. The van der Waals surface area contributed by atoms with Crippen LogP contribution in [-0.2, 0) is 6.61 Å². The molecule has 1 aliphatic carbocycles. The Balaban J connectivity index is 1.48. The molecule has 0 saturated heterocycles. The maximum Gasteiger partial charge on any atom is 0.287 e. The van der Waals surface area contributed by atoms with Crippen molar-refractivity contribution >= 4 is 5.91 Å². The Hall–Kier alpha value is -2.43. The Morgan fingerprint density at radius 3 is 2.57 bits per heavy atom. The third kappa shape index (κ3) is 4.06. The Morgan fingerprint density at radius 2 is 1.91 bits per heavy atom. The number of furan rings is 1. The molecular weight excluding hydrogens is 294 g/mol. The van der Waals surface area contributed by atoms with Crippen LogP contribution in [-0.4, -0.2) is 19.6 Å². The highest BCUT2D eigenvalue weighted by Crippen LogP contribution is 2.25. The molecule has 5 heteroatoms. The molecule has 1 aliphatic rings. The highest BCUT2D eigenvalue weighted by molar-refractivity contribution is 5.91. The monoisotopic (exact) mass is 315 g/mol. The molecular formula is C18H21NO4. The minimum absolute atomic E-state index is 0.160. The van der Waals surface area contributed by atoms with E-state index in [9.17, 15) is 4.79 Å². The van der Waals surface area contributed by atoms with Gasteiger partial charge in [0.05, 0.1) is 7.11 Å². The normalized spacial score (nSPS) is 14.1. The zero-order valence-corrected chi connectivity index (χ0v) is 13.2. The van der Waals surface area contributed by atoms with E-state index in [-0.39, 0.29) is 12.5 Å². The van der Waals surface area contributed by atoms with Crippen LogP contribution >= 0.6 is 0 Å². The average molecular weight is 315 g/mol. The van der Waals surface area contributed by atoms with Gasteiger partial charge in [-0.15, -0.1) is 0 Å². The van der Waals surface area contributed by atoms with Gasteiger partial charge in [0, 0.05) is 6.54 Å². The Labute approximate surface area is 135 Å². The van der Waals surface area contributed by atoms with Crippen LogP contribution in [0.25, 0.3) is 0 Å². The van der Waals surface area contributed by atoms with Gasteiger partial charge in [-0.25, -0.2) is 0 Å². The van der Waals surface area contributed by atoms with Crippen molar-refractivity contribution in [2.24, 2.45) is 5.92 Å². The van der Waals surface area contributed by atoms with Crippen LogP contribution in [0.15, 0.2) is 40.8 Å². The van der Waals surface area contributed by atoms with Gasteiger partial charge in [0.2, 0.25) is 0 Å². The fourth-order valence-corrected chi connectivity index (χ4v) is 2.43. The highest BCUT2D eigenvalue weighted by atomic mass is 16.5. The predicted molar refractivity (Wildman–Crippen MR) is 85.7 cm³/mol. The molecule has 1 saturated carbocycles. The molecule has 1 aromatic carbocycles. The second-order valence-corrected chi connectivity index (χ2v) is 5.74. The molecule has 1 fully saturated rings. The summed E-state index contributed by atoms with van der Waals surface area (Å²) in [4.78, 5) is 12.0. The van der Waals surface area contributed by atoms with Gasteiger partial charge < -0.3 is 19.2 Å². The maximum atomic E-state index is 12.0. The van der Waals surface area contributed by atoms with Crippen LogP contribution in [0.1, 0.15) is 35.6 Å². The number of hydrogen-bond acceptors (Lipinski definition) is 4. The van der Waals surface area contributed by atoms with E-state index in [1.54, 1.807) is 19.2 Å². The Morgan fingerprint density at radius 1 is 1.17 bits per heavy atom. The number of rotatable bonds is 7. The van der Waals surface area contributed by atoms with Crippen LogP contribution in [0.5, 0.6) is 11.5 Å². The number of methoxy groups -OCH3 is 1. The lowest BCUT2D eigenvalue weighted by Crippen LogP contribution is -2.31. The second-order valence-electron chi connectivity index (χ2n) is 5.74. The average Bonchev–Trinajstić information content (AvgIpc) is 3.01. The summed E-state index contributed by atoms with van der Waals surface area (Å²) in [6.45, 7) is 1.01. The van der Waals surface area contributed by atoms with Crippen molar-refractivity contribution in [3.8, 4) is 11.5 Å². The van der Waals surface area contributed by atoms with Crippen LogP contribution in [0.4, 0.5) is 0 Å². The molecule has 5 nitrogen and oxygen atoms in total. The molecule has 0 spiro atoms. The zero-order valence-electron chi connectivity index (χ0n) is 13.2. The fraction of sp³-hybridized carbons (Fsp3) is 0.389. The first-order chi connectivity index (χ1) is 11.2. The zero-order chi connectivity index (χ0) is 16.1. The van der Waals surface area contributed by atoms with E-state index in [1.165, 1.54) is 19.3 Å². The summed E-state index contributed by atoms with van der Waals surface area (Å²) in [6, 6.07) is 10.8. The van der Waals surface area contributed by atoms with Gasteiger partial charge in [-0.2, -0.15) is 0 Å². The summed E-state index contributed by atoms with van der Waals surface area (Å²) < 4.78 is 16.3. The third-order valence-corrected chi connectivity index (χ3v) is 4.10. The Kier molecular flexibility index (Phi) is 4.86. The van der Waals surface area contributed by atoms with E-state index in [2.05, 4.69) is 5.32 Å². The third-order valence-electron chi connectivity index (χ3n) is 4.10. The maximum absolute atomic E-state index is 12.0. The molecule has 1 aromatic heterocycles. The van der Waals surface area contributed by atoms with Crippen molar-refractivity contribution in [2.75, 3.05) is 13.7 Å². The lowest BCUT2D eigenvalue weighted by atomic mass is 9.85. The molecule has 0 atom stereocenters. The van der Waals surface area contributed by atoms with Gasteiger partial charge in [-0.3, -0.25) is 4.79 Å². The SMILES string of the molecule is COc1ccc(OCc2ccc(C(=O)NCC3CCC3)o2)cc1. The largest absolute Gasteiger partial charge is 0.497 e. The van der Waals surface area contributed by atoms with Crippen molar-refractivity contribution in [2.45, 2.75) is 25.9 Å². The fourth-order valence-electron chi connectivity index (χ4n) is 2.43. The topological polar surface area (TPSA) is 60.7 Å². The molecule has 122 valence electrons. The predicted octanol–water partition coefficient (Wildman–Crippen LogP) is 3.40. The number of amides is 1. The summed E-state index contributed by atoms with van der Waals surface area (Å²) in [5, 5.41) is 2.91. The number of benzene rings is 1. The molecule has 0 radical (unpaired) electrons. The summed E-state index contributed by atoms with van der Waals surface area (Å²) in [7, 11) is 1.62. The van der Waals surface area contributed by atoms with Crippen molar-refractivity contribution in [1.82, 2.24) is 5.32 Å². The van der Waals surface area contributed by atoms with Gasteiger partial charge in [0.1, 0.15) is 23.9 Å². The molecule has 0 unspecified atom stereocenters. The molecule has 0 aliphatic heterocycles. The lowest BCUT2D eigenvalue weighted by molar-refractivity contribution is 0.0907. The number of carbonyl (C=O) groups excluding carboxylic acids is 1. The van der Waals surface area contributed by atoms with E-state index in [0.29, 0.717) is 17.4 Å². The van der Waals surface area contributed by atoms with Gasteiger partial charge in [0.25, 0.3) is 5.91 Å². The first kappa shape index (κ1) is 15.5. The van der Waals surface area contributed by atoms with Gasteiger partial charge in [-0.05, 0) is 55.2 Å². The van der Waals surface area contributed by atoms with Crippen LogP contribution in [0.2, 0.25) is 0 Å². The van der Waals surface area contributed by atoms with Crippen molar-refractivity contribution in [3.05, 3.63) is 47.9 Å². The minimum atomic E-state index is -0.160. The van der Waals surface area contributed by atoms with Crippen molar-refractivity contribution in [3.63, 3.8) is 0 Å². The van der Waals surface area contributed by atoms with E-state index in [4.69, 9.17) is 13.9 Å². The van der Waals surface area contributed by atoms with E-state index >= 15 is 0 Å². The minimum Gasteiger partial charge on any atom is -0.497 e. The number of hydrogen-bond donors (Lipinski definition) is 1. The summed E-state index contributed by atoms with van der Waals surface area (Å²) >= 11 is 0. The number of ether oxygens (including phenoxy) is 2. The first-order valence-corrected chi connectivity index (χ1v) is 7.88. The lowest BCUT2D eigenvalue weighted by Gasteiger charge is -2.25. The standard InChI is InChI=1S/C18H21NO4/c1-21-14-5-7-15(8-6-14)22-12-16-9-10-17(23-16)18(20)19-11-13-3-2-4-13/h5-10,13H,2-4,11-12H2,1H3,(H,19,20). The summed E-state index contributed by atoms with van der Waals surface area (Å²) in [5.74, 6) is 2.92. The van der Waals surface area contributed by atoms with Crippen molar-refractivity contribution < 1.29 is 18.7 Å². The highest BCUT2D eigenvalue weighted by Gasteiger charge is 2.19. The molecule has 3 rings (SSSR count). The summed E-state index contributed by atoms with van der Waals surface area (Å²) in [5.41, 5.74) is 0.